The van der Waals surface area contributed by atoms with Crippen molar-refractivity contribution >= 4 is 0 Å². The van der Waals surface area contributed by atoms with Crippen molar-refractivity contribution in [3.63, 3.8) is 0 Å². The molecule has 2 unspecified atom stereocenters. The Hall–Kier alpha value is -1.81. The van der Waals surface area contributed by atoms with Gasteiger partial charge in [0.2, 0.25) is 0 Å². The average molecular weight is 271 g/mol. The van der Waals surface area contributed by atoms with E-state index >= 15 is 0 Å². The summed E-state index contributed by atoms with van der Waals surface area (Å²) in [6.07, 6.45) is 2.80. The SMILES string of the molecule is COc1cnn(C(C)C)c1C(N)C1Cc2ccccc21. The second-order valence-corrected chi connectivity index (χ2v) is 5.67. The molecule has 2 aromatic rings. The van der Waals surface area contributed by atoms with E-state index in [0.717, 1.165) is 17.9 Å². The highest BCUT2D eigenvalue weighted by Gasteiger charge is 2.35. The van der Waals surface area contributed by atoms with Crippen LogP contribution < -0.4 is 10.5 Å². The maximum atomic E-state index is 6.53. The van der Waals surface area contributed by atoms with Gasteiger partial charge in [0, 0.05) is 12.0 Å². The molecule has 1 aromatic heterocycles. The van der Waals surface area contributed by atoms with E-state index in [0.29, 0.717) is 5.92 Å². The van der Waals surface area contributed by atoms with Crippen molar-refractivity contribution in [1.82, 2.24) is 9.78 Å². The molecule has 2 atom stereocenters. The number of nitrogens with two attached hydrogens (primary N) is 1. The van der Waals surface area contributed by atoms with E-state index < -0.39 is 0 Å². The third-order valence-corrected chi connectivity index (χ3v) is 4.15. The Kier molecular flexibility index (Phi) is 3.26. The van der Waals surface area contributed by atoms with Crippen molar-refractivity contribution in [3.05, 3.63) is 47.3 Å². The van der Waals surface area contributed by atoms with Gasteiger partial charge < -0.3 is 10.5 Å². The third kappa shape index (κ3) is 1.91. The van der Waals surface area contributed by atoms with E-state index in [4.69, 9.17) is 10.5 Å². The predicted octanol–water partition coefficient (Wildman–Crippen LogP) is 2.81. The molecule has 106 valence electrons. The normalized spacial score (nSPS) is 18.6. The van der Waals surface area contributed by atoms with Crippen LogP contribution in [-0.2, 0) is 6.42 Å². The first-order valence-electron chi connectivity index (χ1n) is 7.08. The number of hydrogen-bond donors (Lipinski definition) is 1. The second kappa shape index (κ2) is 4.94. The topological polar surface area (TPSA) is 53.1 Å². The molecule has 4 nitrogen and oxygen atoms in total. The summed E-state index contributed by atoms with van der Waals surface area (Å²) in [6, 6.07) is 8.70. The Bertz CT molecular complexity index is 618. The number of ether oxygens (including phenoxy) is 1. The number of aromatic nitrogens is 2. The van der Waals surface area contributed by atoms with Gasteiger partial charge >= 0.3 is 0 Å². The smallest absolute Gasteiger partial charge is 0.161 e. The van der Waals surface area contributed by atoms with Crippen LogP contribution in [0.5, 0.6) is 5.75 Å². The zero-order valence-corrected chi connectivity index (χ0v) is 12.2. The van der Waals surface area contributed by atoms with Gasteiger partial charge in [-0.05, 0) is 31.4 Å². The Morgan fingerprint density at radius 2 is 2.10 bits per heavy atom. The maximum Gasteiger partial charge on any atom is 0.161 e. The predicted molar refractivity (Wildman–Crippen MR) is 79.0 cm³/mol. The van der Waals surface area contributed by atoms with E-state index in [1.165, 1.54) is 11.1 Å². The minimum absolute atomic E-state index is 0.0789. The van der Waals surface area contributed by atoms with Gasteiger partial charge in [-0.3, -0.25) is 4.68 Å². The fourth-order valence-electron chi connectivity index (χ4n) is 3.05. The summed E-state index contributed by atoms with van der Waals surface area (Å²) < 4.78 is 7.42. The van der Waals surface area contributed by atoms with Crippen molar-refractivity contribution in [1.29, 1.82) is 0 Å². The summed E-state index contributed by atoms with van der Waals surface area (Å²) in [5.41, 5.74) is 10.3. The van der Waals surface area contributed by atoms with E-state index in [-0.39, 0.29) is 12.1 Å². The summed E-state index contributed by atoms with van der Waals surface area (Å²) in [5, 5.41) is 4.42. The first-order valence-corrected chi connectivity index (χ1v) is 7.08. The van der Waals surface area contributed by atoms with Gasteiger partial charge in [0.15, 0.2) is 5.75 Å². The molecular weight excluding hydrogens is 250 g/mol. The lowest BCUT2D eigenvalue weighted by atomic mass is 9.73. The van der Waals surface area contributed by atoms with Crippen LogP contribution in [-0.4, -0.2) is 16.9 Å². The summed E-state index contributed by atoms with van der Waals surface area (Å²) >= 11 is 0. The first-order chi connectivity index (χ1) is 9.63. The molecule has 1 aromatic carbocycles. The van der Waals surface area contributed by atoms with Gasteiger partial charge in [-0.25, -0.2) is 0 Å². The molecule has 0 spiro atoms. The van der Waals surface area contributed by atoms with Gasteiger partial charge in [-0.2, -0.15) is 5.10 Å². The van der Waals surface area contributed by atoms with Crippen LogP contribution in [0, 0.1) is 0 Å². The summed E-state index contributed by atoms with van der Waals surface area (Å²) in [7, 11) is 1.67. The minimum atomic E-state index is -0.0789. The lowest BCUT2D eigenvalue weighted by Crippen LogP contribution is -2.31. The molecule has 0 fully saturated rings. The van der Waals surface area contributed by atoms with Crippen LogP contribution in [0.4, 0.5) is 0 Å². The summed E-state index contributed by atoms with van der Waals surface area (Å²) in [6.45, 7) is 4.22. The number of benzene rings is 1. The second-order valence-electron chi connectivity index (χ2n) is 5.67. The largest absolute Gasteiger partial charge is 0.493 e. The lowest BCUT2D eigenvalue weighted by molar-refractivity contribution is 0.379. The molecule has 4 heteroatoms. The van der Waals surface area contributed by atoms with E-state index in [9.17, 15) is 0 Å². The first kappa shape index (κ1) is 13.2. The fourth-order valence-corrected chi connectivity index (χ4v) is 3.05. The molecule has 1 aliphatic rings. The van der Waals surface area contributed by atoms with Gasteiger partial charge in [-0.1, -0.05) is 24.3 Å². The van der Waals surface area contributed by atoms with Crippen molar-refractivity contribution in [2.75, 3.05) is 7.11 Å². The maximum absolute atomic E-state index is 6.53. The lowest BCUT2D eigenvalue weighted by Gasteiger charge is -2.35. The van der Waals surface area contributed by atoms with Crippen molar-refractivity contribution < 1.29 is 4.74 Å². The standard InChI is InChI=1S/C16H21N3O/c1-10(2)19-16(14(20-3)9-18-19)15(17)13-8-11-6-4-5-7-12(11)13/h4-7,9-10,13,15H,8,17H2,1-3H3. The number of rotatable bonds is 4. The van der Waals surface area contributed by atoms with E-state index in [2.05, 4.69) is 43.2 Å². The summed E-state index contributed by atoms with van der Waals surface area (Å²) in [4.78, 5) is 0. The molecule has 0 aliphatic heterocycles. The molecule has 0 amide bonds. The zero-order valence-electron chi connectivity index (χ0n) is 12.2. The van der Waals surface area contributed by atoms with Crippen molar-refractivity contribution in [3.8, 4) is 5.75 Å². The molecule has 0 bridgehead atoms. The molecule has 3 rings (SSSR count). The van der Waals surface area contributed by atoms with Crippen LogP contribution in [0.3, 0.4) is 0 Å². The van der Waals surface area contributed by atoms with Gasteiger partial charge in [-0.15, -0.1) is 0 Å². The zero-order chi connectivity index (χ0) is 14.3. The molecule has 0 radical (unpaired) electrons. The van der Waals surface area contributed by atoms with Gasteiger partial charge in [0.25, 0.3) is 0 Å². The van der Waals surface area contributed by atoms with Gasteiger partial charge in [0.1, 0.15) is 0 Å². The molecule has 2 N–H and O–H groups in total. The molecule has 1 aliphatic carbocycles. The Balaban J connectivity index is 1.96. The van der Waals surface area contributed by atoms with Crippen molar-refractivity contribution in [2.24, 2.45) is 5.73 Å². The van der Waals surface area contributed by atoms with E-state index in [1.807, 2.05) is 4.68 Å². The molecule has 0 saturated heterocycles. The Morgan fingerprint density at radius 1 is 1.35 bits per heavy atom. The molecular formula is C16H21N3O. The fraction of sp³-hybridized carbons (Fsp3) is 0.438. The van der Waals surface area contributed by atoms with Crippen LogP contribution >= 0.6 is 0 Å². The van der Waals surface area contributed by atoms with Crippen molar-refractivity contribution in [2.45, 2.75) is 38.3 Å². The van der Waals surface area contributed by atoms with E-state index in [1.54, 1.807) is 13.3 Å². The minimum Gasteiger partial charge on any atom is -0.493 e. The number of hydrogen-bond acceptors (Lipinski definition) is 3. The van der Waals surface area contributed by atoms with Crippen LogP contribution in [0.25, 0.3) is 0 Å². The Labute approximate surface area is 119 Å². The van der Waals surface area contributed by atoms with Gasteiger partial charge in [0.05, 0.1) is 25.0 Å². The number of fused-ring (bicyclic) bond motifs is 1. The molecule has 20 heavy (non-hydrogen) atoms. The average Bonchev–Trinajstić information content (AvgIpc) is 2.84. The molecule has 1 heterocycles. The number of methoxy groups -OCH3 is 1. The number of nitrogens with zero attached hydrogens (tertiary/aromatic N) is 2. The highest BCUT2D eigenvalue weighted by molar-refractivity contribution is 5.44. The Morgan fingerprint density at radius 3 is 2.75 bits per heavy atom. The third-order valence-electron chi connectivity index (χ3n) is 4.15. The van der Waals surface area contributed by atoms with Crippen LogP contribution in [0.2, 0.25) is 0 Å². The highest BCUT2D eigenvalue weighted by Crippen LogP contribution is 2.44. The quantitative estimate of drug-likeness (QED) is 0.930. The van der Waals surface area contributed by atoms with Crippen LogP contribution in [0.1, 0.15) is 48.7 Å². The summed E-state index contributed by atoms with van der Waals surface area (Å²) in [5.74, 6) is 1.14. The highest BCUT2D eigenvalue weighted by atomic mass is 16.5. The monoisotopic (exact) mass is 271 g/mol. The van der Waals surface area contributed by atoms with Crippen LogP contribution in [0.15, 0.2) is 30.5 Å². The molecule has 0 saturated carbocycles.